The Morgan fingerprint density at radius 1 is 1.10 bits per heavy atom. The Hall–Kier alpha value is -2.47. The number of halogens is 1. The maximum Gasteiger partial charge on any atom is 0.315 e. The average molecular weight is 308 g/mol. The molecule has 0 saturated heterocycles. The van der Waals surface area contributed by atoms with Crippen molar-refractivity contribution in [3.05, 3.63) is 53.4 Å². The summed E-state index contributed by atoms with van der Waals surface area (Å²) >= 11 is 5.74. The molecule has 0 radical (unpaired) electrons. The molecule has 6 nitrogen and oxygen atoms in total. The lowest BCUT2D eigenvalue weighted by Gasteiger charge is -2.08. The first kappa shape index (κ1) is 14.9. The first-order valence-electron chi connectivity index (χ1n) is 6.21. The van der Waals surface area contributed by atoms with E-state index in [1.54, 1.807) is 30.3 Å². The highest BCUT2D eigenvalue weighted by molar-refractivity contribution is 6.30. The Kier molecular flexibility index (Phi) is 5.22. The third-order valence-electron chi connectivity index (χ3n) is 2.57. The summed E-state index contributed by atoms with van der Waals surface area (Å²) in [7, 11) is 0. The van der Waals surface area contributed by atoms with Crippen molar-refractivity contribution in [3.63, 3.8) is 0 Å². The van der Waals surface area contributed by atoms with Gasteiger partial charge < -0.3 is 20.4 Å². The van der Waals surface area contributed by atoms with Gasteiger partial charge in [-0.05, 0) is 30.3 Å². The fraction of sp³-hybridized carbons (Fsp3) is 0.143. The maximum absolute atomic E-state index is 11.6. The molecule has 3 N–H and O–H groups in total. The Morgan fingerprint density at radius 2 is 1.86 bits per heavy atom. The summed E-state index contributed by atoms with van der Waals surface area (Å²) in [5.74, 6) is -0.323. The number of hydrogen-bond donors (Lipinski definition) is 3. The van der Waals surface area contributed by atoms with Gasteiger partial charge in [0.05, 0.1) is 19.1 Å². The highest BCUT2D eigenvalue weighted by Gasteiger charge is 2.06. The number of anilines is 1. The summed E-state index contributed by atoms with van der Waals surface area (Å²) in [6, 6.07) is 8.01. The van der Waals surface area contributed by atoms with Crippen LogP contribution in [0.25, 0.3) is 0 Å². The molecule has 0 bridgehead atoms. The molecule has 0 aliphatic carbocycles. The van der Waals surface area contributed by atoms with E-state index in [1.807, 2.05) is 0 Å². The summed E-state index contributed by atoms with van der Waals surface area (Å²) in [5, 5.41) is 8.29. The van der Waals surface area contributed by atoms with Crippen LogP contribution in [0.3, 0.4) is 0 Å². The second-order valence-electron chi connectivity index (χ2n) is 4.22. The lowest BCUT2D eigenvalue weighted by molar-refractivity contribution is -0.115. The van der Waals surface area contributed by atoms with Crippen molar-refractivity contribution in [1.82, 2.24) is 10.6 Å². The number of furan rings is 1. The molecule has 110 valence electrons. The zero-order chi connectivity index (χ0) is 15.1. The number of rotatable bonds is 5. The van der Waals surface area contributed by atoms with Gasteiger partial charge in [0, 0.05) is 22.8 Å². The Morgan fingerprint density at radius 3 is 2.52 bits per heavy atom. The summed E-state index contributed by atoms with van der Waals surface area (Å²) in [6.45, 7) is 0.209. The van der Waals surface area contributed by atoms with Crippen LogP contribution in [0.5, 0.6) is 0 Å². The van der Waals surface area contributed by atoms with Crippen LogP contribution in [0.4, 0.5) is 10.5 Å². The molecule has 21 heavy (non-hydrogen) atoms. The molecule has 2 aromatic rings. The van der Waals surface area contributed by atoms with Crippen LogP contribution in [0.2, 0.25) is 5.02 Å². The summed E-state index contributed by atoms with van der Waals surface area (Å²) in [4.78, 5) is 23.1. The van der Waals surface area contributed by atoms with E-state index < -0.39 is 6.03 Å². The van der Waals surface area contributed by atoms with E-state index in [1.165, 1.54) is 12.5 Å². The molecule has 0 aliphatic rings. The zero-order valence-electron chi connectivity index (χ0n) is 11.1. The number of carbonyl (C=O) groups excluding carboxylic acids is 2. The second-order valence-corrected chi connectivity index (χ2v) is 4.66. The topological polar surface area (TPSA) is 83.4 Å². The van der Waals surface area contributed by atoms with Crippen molar-refractivity contribution in [1.29, 1.82) is 0 Å². The predicted molar refractivity (Wildman–Crippen MR) is 79.0 cm³/mol. The number of amides is 3. The smallest absolute Gasteiger partial charge is 0.315 e. The minimum atomic E-state index is -0.428. The lowest BCUT2D eigenvalue weighted by Crippen LogP contribution is -2.39. The monoisotopic (exact) mass is 307 g/mol. The van der Waals surface area contributed by atoms with Crippen LogP contribution in [0.15, 0.2) is 47.3 Å². The van der Waals surface area contributed by atoms with E-state index in [0.29, 0.717) is 17.3 Å². The van der Waals surface area contributed by atoms with Gasteiger partial charge in [-0.2, -0.15) is 0 Å². The van der Waals surface area contributed by atoms with Gasteiger partial charge in [-0.15, -0.1) is 0 Å². The van der Waals surface area contributed by atoms with Crippen LogP contribution < -0.4 is 16.0 Å². The van der Waals surface area contributed by atoms with Gasteiger partial charge in [-0.1, -0.05) is 11.6 Å². The van der Waals surface area contributed by atoms with E-state index >= 15 is 0 Å². The Balaban J connectivity index is 1.68. The van der Waals surface area contributed by atoms with E-state index in [4.69, 9.17) is 16.0 Å². The van der Waals surface area contributed by atoms with Gasteiger partial charge >= 0.3 is 6.03 Å². The van der Waals surface area contributed by atoms with Crippen molar-refractivity contribution >= 4 is 29.2 Å². The number of urea groups is 1. The molecule has 7 heteroatoms. The Labute approximate surface area is 126 Å². The highest BCUT2D eigenvalue weighted by Crippen LogP contribution is 2.12. The normalized spacial score (nSPS) is 9.95. The molecule has 1 aromatic heterocycles. The predicted octanol–water partition coefficient (Wildman–Crippen LogP) is 2.37. The molecule has 3 amide bonds. The van der Waals surface area contributed by atoms with E-state index in [-0.39, 0.29) is 12.5 Å². The van der Waals surface area contributed by atoms with Crippen molar-refractivity contribution in [2.75, 3.05) is 11.9 Å². The molecule has 0 spiro atoms. The fourth-order valence-corrected chi connectivity index (χ4v) is 1.66. The number of hydrogen-bond acceptors (Lipinski definition) is 3. The zero-order valence-corrected chi connectivity index (χ0v) is 11.8. The number of benzene rings is 1. The van der Waals surface area contributed by atoms with Crippen molar-refractivity contribution < 1.29 is 14.0 Å². The van der Waals surface area contributed by atoms with Crippen molar-refractivity contribution in [3.8, 4) is 0 Å². The highest BCUT2D eigenvalue weighted by atomic mass is 35.5. The molecule has 0 fully saturated rings. The minimum Gasteiger partial charge on any atom is -0.472 e. The fourth-order valence-electron chi connectivity index (χ4n) is 1.54. The van der Waals surface area contributed by atoms with E-state index in [2.05, 4.69) is 16.0 Å². The quantitative estimate of drug-likeness (QED) is 0.793. The molecule has 0 aliphatic heterocycles. The first-order chi connectivity index (χ1) is 10.1. The molecule has 0 atom stereocenters. The molecule has 1 heterocycles. The van der Waals surface area contributed by atoms with Crippen LogP contribution in [0, 0.1) is 0 Å². The van der Waals surface area contributed by atoms with Crippen molar-refractivity contribution in [2.24, 2.45) is 0 Å². The van der Waals surface area contributed by atoms with Crippen LogP contribution in [-0.2, 0) is 11.3 Å². The van der Waals surface area contributed by atoms with Crippen molar-refractivity contribution in [2.45, 2.75) is 6.54 Å². The third-order valence-corrected chi connectivity index (χ3v) is 2.82. The summed E-state index contributed by atoms with van der Waals surface area (Å²) in [5.41, 5.74) is 1.46. The minimum absolute atomic E-state index is 0.125. The van der Waals surface area contributed by atoms with Gasteiger partial charge in [-0.25, -0.2) is 4.79 Å². The Bertz CT molecular complexity index is 596. The third kappa shape index (κ3) is 5.19. The van der Waals surface area contributed by atoms with E-state index in [0.717, 1.165) is 5.56 Å². The summed E-state index contributed by atoms with van der Waals surface area (Å²) < 4.78 is 4.87. The molecule has 2 rings (SSSR count). The lowest BCUT2D eigenvalue weighted by atomic mass is 10.3. The SMILES string of the molecule is O=C(CNC(=O)NCc1ccoc1)Nc1ccc(Cl)cc1. The summed E-state index contributed by atoms with van der Waals surface area (Å²) in [6.07, 6.45) is 3.06. The first-order valence-corrected chi connectivity index (χ1v) is 6.59. The van der Waals surface area contributed by atoms with E-state index in [9.17, 15) is 9.59 Å². The standard InChI is InChI=1S/C14H14ClN3O3/c15-11-1-3-12(4-2-11)18-13(19)8-17-14(20)16-7-10-5-6-21-9-10/h1-6,9H,7-8H2,(H,18,19)(H2,16,17,20). The van der Waals surface area contributed by atoms with Crippen LogP contribution >= 0.6 is 11.6 Å². The number of nitrogens with one attached hydrogen (secondary N) is 3. The average Bonchev–Trinajstić information content (AvgIpc) is 2.99. The largest absolute Gasteiger partial charge is 0.472 e. The second kappa shape index (κ2) is 7.35. The van der Waals surface area contributed by atoms with Crippen LogP contribution in [0.1, 0.15) is 5.56 Å². The van der Waals surface area contributed by atoms with Crippen LogP contribution in [-0.4, -0.2) is 18.5 Å². The molecule has 1 aromatic carbocycles. The van der Waals surface area contributed by atoms with Gasteiger partial charge in [0.15, 0.2) is 0 Å². The molecular weight excluding hydrogens is 294 g/mol. The number of carbonyl (C=O) groups is 2. The van der Waals surface area contributed by atoms with Gasteiger partial charge in [0.25, 0.3) is 0 Å². The molecule has 0 unspecified atom stereocenters. The van der Waals surface area contributed by atoms with Gasteiger partial charge in [-0.3, -0.25) is 4.79 Å². The van der Waals surface area contributed by atoms with Gasteiger partial charge in [0.2, 0.25) is 5.91 Å². The van der Waals surface area contributed by atoms with Gasteiger partial charge in [0.1, 0.15) is 0 Å². The molecule has 0 saturated carbocycles. The maximum atomic E-state index is 11.6. The molecular formula is C14H14ClN3O3.